The molecule has 386 valence electrons. The second-order valence-electron chi connectivity index (χ2n) is 17.3. The van der Waals surface area contributed by atoms with Crippen LogP contribution >= 0.6 is 0 Å². The van der Waals surface area contributed by atoms with Crippen LogP contribution in [0.25, 0.3) is 0 Å². The normalized spacial score (nSPS) is 12.7. The molecule has 0 amide bonds. The Bertz CT molecular complexity index is 737. The number of nitrogens with two attached hydrogens (primary N) is 12. The van der Waals surface area contributed by atoms with Gasteiger partial charge in [-0.25, -0.2) is 0 Å². The SMILES string of the molecule is NCCC(CCN)CCN(CCN(CCN)CCN)CCN(CCN(CCN(CCN)CCN)CCN(CCN)CCN)CCN(CCN(CCN)CCN)CCN(CCN)CCN. The zero-order valence-electron chi connectivity index (χ0n) is 41.2. The van der Waals surface area contributed by atoms with Crippen molar-refractivity contribution in [1.29, 1.82) is 0 Å². The molecule has 0 radical (unpaired) electrons. The third-order valence-corrected chi connectivity index (χ3v) is 12.3. The fraction of sp³-hybridized carbons (Fsp3) is 1.00. The van der Waals surface area contributed by atoms with Gasteiger partial charge in [0, 0.05) is 236 Å². The van der Waals surface area contributed by atoms with Crippen LogP contribution in [0.4, 0.5) is 0 Å². The fourth-order valence-corrected chi connectivity index (χ4v) is 8.38. The number of nitrogens with zero attached hydrogens (tertiary/aromatic N) is 9. The van der Waals surface area contributed by atoms with Crippen LogP contribution < -0.4 is 68.8 Å². The van der Waals surface area contributed by atoms with Crippen LogP contribution in [-0.2, 0) is 0 Å². The summed E-state index contributed by atoms with van der Waals surface area (Å²) < 4.78 is 0. The van der Waals surface area contributed by atoms with E-state index in [2.05, 4.69) is 44.1 Å². The molecule has 0 atom stereocenters. The molecule has 0 rings (SSSR count). The lowest BCUT2D eigenvalue weighted by molar-refractivity contribution is 0.125. The molecule has 0 aromatic heterocycles. The highest BCUT2D eigenvalue weighted by Gasteiger charge is 2.19. The first-order valence-corrected chi connectivity index (χ1v) is 25.2. The van der Waals surface area contributed by atoms with Gasteiger partial charge in [0.1, 0.15) is 0 Å². The Kier molecular flexibility index (Phi) is 45.3. The molecule has 0 fully saturated rings. The van der Waals surface area contributed by atoms with Crippen molar-refractivity contribution < 1.29 is 0 Å². The smallest absolute Gasteiger partial charge is 0.0110 e. The van der Waals surface area contributed by atoms with Crippen molar-refractivity contribution in [3.8, 4) is 0 Å². The maximum Gasteiger partial charge on any atom is 0.0110 e. The summed E-state index contributed by atoms with van der Waals surface area (Å²) in [5.74, 6) is 0.521. The lowest BCUT2D eigenvalue weighted by Gasteiger charge is -2.35. The van der Waals surface area contributed by atoms with E-state index in [0.717, 1.165) is 196 Å². The summed E-state index contributed by atoms with van der Waals surface area (Å²) in [6, 6.07) is 0. The van der Waals surface area contributed by atoms with Crippen molar-refractivity contribution in [1.82, 2.24) is 44.1 Å². The molecule has 0 aromatic rings. The van der Waals surface area contributed by atoms with Gasteiger partial charge in [0.15, 0.2) is 0 Å². The molecule has 21 nitrogen and oxygen atoms in total. The third kappa shape index (κ3) is 34.4. The van der Waals surface area contributed by atoms with E-state index in [9.17, 15) is 0 Å². The Labute approximate surface area is 392 Å². The Morgan fingerprint density at radius 3 is 0.438 bits per heavy atom. The second-order valence-corrected chi connectivity index (χ2v) is 17.3. The topological polar surface area (TPSA) is 341 Å². The van der Waals surface area contributed by atoms with Gasteiger partial charge in [0.05, 0.1) is 0 Å². The van der Waals surface area contributed by atoms with Crippen LogP contribution in [0.5, 0.6) is 0 Å². The summed E-state index contributed by atoms with van der Waals surface area (Å²) in [5, 5.41) is 0. The predicted molar refractivity (Wildman–Crippen MR) is 274 cm³/mol. The average Bonchev–Trinajstić information content (AvgIpc) is 3.28. The number of hydrogen-bond donors (Lipinski definition) is 12. The minimum atomic E-state index is 0.521. The zero-order chi connectivity index (χ0) is 47.5. The highest BCUT2D eigenvalue weighted by Crippen LogP contribution is 2.13. The highest BCUT2D eigenvalue weighted by molar-refractivity contribution is 4.76. The Morgan fingerprint density at radius 2 is 0.297 bits per heavy atom. The predicted octanol–water partition coefficient (Wildman–Crippen LogP) is -7.00. The molecule has 0 spiro atoms. The molecular weight excluding hydrogens is 811 g/mol. The largest absolute Gasteiger partial charge is 0.330 e. The van der Waals surface area contributed by atoms with Crippen molar-refractivity contribution in [2.45, 2.75) is 19.3 Å². The van der Waals surface area contributed by atoms with Crippen molar-refractivity contribution in [2.75, 3.05) is 255 Å². The van der Waals surface area contributed by atoms with Crippen LogP contribution in [0.2, 0.25) is 0 Å². The maximum atomic E-state index is 6.06. The summed E-state index contributed by atoms with van der Waals surface area (Å²) >= 11 is 0. The molecule has 0 aliphatic rings. The van der Waals surface area contributed by atoms with Crippen molar-refractivity contribution in [2.24, 2.45) is 74.7 Å². The molecule has 0 aromatic carbocycles. The molecule has 0 unspecified atom stereocenters. The first kappa shape index (κ1) is 63.2. The van der Waals surface area contributed by atoms with Gasteiger partial charge in [-0.3, -0.25) is 39.2 Å². The van der Waals surface area contributed by atoms with Gasteiger partial charge in [-0.1, -0.05) is 0 Å². The fourth-order valence-electron chi connectivity index (χ4n) is 8.38. The van der Waals surface area contributed by atoms with Gasteiger partial charge in [-0.2, -0.15) is 0 Å². The standard InChI is InChI=1S/C43H109N21/c44-4-1-43(2-5-45)3-16-56(27-29-57(17-6-46)18-7-47)28-34-62(39-41-63(35-30-58(19-8-48)20-9-49)36-31-59(21-10-50)22-11-51)40-42-64(37-32-60(23-12-52)24-13-53)38-33-61(25-14-54)26-15-55/h43H,1-42,44-55H2. The summed E-state index contributed by atoms with van der Waals surface area (Å²) in [6.45, 7) is 31.9. The van der Waals surface area contributed by atoms with Gasteiger partial charge in [0.25, 0.3) is 0 Å². The van der Waals surface area contributed by atoms with E-state index in [0.29, 0.717) is 84.5 Å². The van der Waals surface area contributed by atoms with Crippen LogP contribution in [0.3, 0.4) is 0 Å². The zero-order valence-corrected chi connectivity index (χ0v) is 41.2. The maximum absolute atomic E-state index is 6.06. The molecule has 0 aliphatic heterocycles. The van der Waals surface area contributed by atoms with E-state index in [1.807, 2.05) is 0 Å². The van der Waals surface area contributed by atoms with Gasteiger partial charge < -0.3 is 73.7 Å². The van der Waals surface area contributed by atoms with Crippen LogP contribution in [0, 0.1) is 5.92 Å². The highest BCUT2D eigenvalue weighted by atomic mass is 15.3. The van der Waals surface area contributed by atoms with E-state index in [-0.39, 0.29) is 0 Å². The molecule has 0 saturated carbocycles. The van der Waals surface area contributed by atoms with Gasteiger partial charge in [-0.15, -0.1) is 0 Å². The quantitative estimate of drug-likeness (QED) is 0.0270. The first-order chi connectivity index (χ1) is 31.2. The molecular formula is C43H109N21. The van der Waals surface area contributed by atoms with Crippen molar-refractivity contribution in [3.63, 3.8) is 0 Å². The summed E-state index contributed by atoms with van der Waals surface area (Å²) in [4.78, 5) is 22.5. The lowest BCUT2D eigenvalue weighted by atomic mass is 9.97. The molecule has 0 saturated heterocycles. The number of hydrogen-bond acceptors (Lipinski definition) is 21. The summed E-state index contributed by atoms with van der Waals surface area (Å²) in [7, 11) is 0. The second kappa shape index (κ2) is 45.9. The van der Waals surface area contributed by atoms with E-state index < -0.39 is 0 Å². The van der Waals surface area contributed by atoms with Gasteiger partial charge in [0.2, 0.25) is 0 Å². The summed E-state index contributed by atoms with van der Waals surface area (Å²) in [6.07, 6.45) is 3.08. The molecule has 64 heavy (non-hydrogen) atoms. The van der Waals surface area contributed by atoms with Crippen molar-refractivity contribution >= 4 is 0 Å². The summed E-state index contributed by atoms with van der Waals surface area (Å²) in [5.41, 5.74) is 72.4. The van der Waals surface area contributed by atoms with Crippen molar-refractivity contribution in [3.05, 3.63) is 0 Å². The molecule has 0 aliphatic carbocycles. The first-order valence-electron chi connectivity index (χ1n) is 25.2. The van der Waals surface area contributed by atoms with E-state index >= 15 is 0 Å². The monoisotopic (exact) mass is 920 g/mol. The Morgan fingerprint density at radius 1 is 0.156 bits per heavy atom. The third-order valence-electron chi connectivity index (χ3n) is 12.3. The van der Waals surface area contributed by atoms with E-state index in [1.165, 1.54) is 0 Å². The van der Waals surface area contributed by atoms with Crippen LogP contribution in [0.1, 0.15) is 19.3 Å². The minimum absolute atomic E-state index is 0.521. The van der Waals surface area contributed by atoms with E-state index in [4.69, 9.17) is 68.8 Å². The molecule has 0 bridgehead atoms. The minimum Gasteiger partial charge on any atom is -0.330 e. The van der Waals surface area contributed by atoms with Crippen LogP contribution in [-0.4, -0.2) is 299 Å². The molecule has 0 heterocycles. The lowest BCUT2D eigenvalue weighted by Crippen LogP contribution is -2.49. The average molecular weight is 920 g/mol. The van der Waals surface area contributed by atoms with Crippen LogP contribution in [0.15, 0.2) is 0 Å². The number of rotatable bonds is 51. The Hall–Kier alpha value is -0.840. The molecule has 24 N–H and O–H groups in total. The molecule has 21 heteroatoms. The van der Waals surface area contributed by atoms with Gasteiger partial charge >= 0.3 is 0 Å². The van der Waals surface area contributed by atoms with E-state index in [1.54, 1.807) is 0 Å². The Balaban J connectivity index is 6.69. The van der Waals surface area contributed by atoms with Gasteiger partial charge in [-0.05, 0) is 44.8 Å².